The van der Waals surface area contributed by atoms with Crippen molar-refractivity contribution in [3.8, 4) is 11.4 Å². The Morgan fingerprint density at radius 1 is 1.12 bits per heavy atom. The Hall–Kier alpha value is -3.15. The largest absolute Gasteiger partial charge is 0.496 e. The van der Waals surface area contributed by atoms with Gasteiger partial charge in [0.25, 0.3) is 0 Å². The molecule has 6 heteroatoms. The third-order valence-electron chi connectivity index (χ3n) is 3.82. The van der Waals surface area contributed by atoms with Crippen LogP contribution in [0, 0.1) is 13.8 Å². The van der Waals surface area contributed by atoms with Gasteiger partial charge in [0.2, 0.25) is 5.91 Å². The van der Waals surface area contributed by atoms with Crippen LogP contribution < -0.4 is 10.1 Å². The Balaban J connectivity index is 1.84. The number of hydrogen-bond acceptors (Lipinski definition) is 4. The summed E-state index contributed by atoms with van der Waals surface area (Å²) in [5.74, 6) is 2.04. The van der Waals surface area contributed by atoms with E-state index in [1.807, 2.05) is 62.4 Å². The van der Waals surface area contributed by atoms with E-state index >= 15 is 0 Å². The predicted molar refractivity (Wildman–Crippen MR) is 96.2 cm³/mol. The van der Waals surface area contributed by atoms with Gasteiger partial charge in [0.05, 0.1) is 24.9 Å². The number of methoxy groups -OCH3 is 1. The molecule has 0 spiro atoms. The summed E-state index contributed by atoms with van der Waals surface area (Å²) in [6.45, 7) is 3.72. The predicted octanol–water partition coefficient (Wildman–Crippen LogP) is 3.07. The molecule has 0 atom stereocenters. The average Bonchev–Trinajstić information content (AvgIpc) is 2.94. The van der Waals surface area contributed by atoms with Crippen molar-refractivity contribution >= 4 is 11.6 Å². The number of ether oxygens (including phenoxy) is 1. The van der Waals surface area contributed by atoms with E-state index in [9.17, 15) is 4.79 Å². The third-order valence-corrected chi connectivity index (χ3v) is 3.82. The van der Waals surface area contributed by atoms with Gasteiger partial charge in [0, 0.05) is 5.56 Å². The van der Waals surface area contributed by atoms with Crippen molar-refractivity contribution in [3.05, 3.63) is 65.7 Å². The number of rotatable bonds is 5. The van der Waals surface area contributed by atoms with E-state index < -0.39 is 0 Å². The highest BCUT2D eigenvalue weighted by atomic mass is 16.5. The number of benzene rings is 2. The summed E-state index contributed by atoms with van der Waals surface area (Å²) < 4.78 is 7.04. The highest BCUT2D eigenvalue weighted by molar-refractivity contribution is 5.94. The van der Waals surface area contributed by atoms with Crippen molar-refractivity contribution in [1.82, 2.24) is 14.8 Å². The molecule has 0 fully saturated rings. The molecule has 1 heterocycles. The fraction of sp³-hybridized carbons (Fsp3) is 0.211. The number of aromatic nitrogens is 3. The first kappa shape index (κ1) is 16.7. The second kappa shape index (κ2) is 7.17. The molecule has 128 valence electrons. The smallest absolute Gasteiger partial charge is 0.228 e. The Bertz CT molecular complexity index is 902. The zero-order valence-corrected chi connectivity index (χ0v) is 14.5. The van der Waals surface area contributed by atoms with Gasteiger partial charge in [-0.25, -0.2) is 9.67 Å². The van der Waals surface area contributed by atoms with Gasteiger partial charge in [-0.2, -0.15) is 5.10 Å². The second-order valence-electron chi connectivity index (χ2n) is 5.67. The molecule has 0 aliphatic heterocycles. The lowest BCUT2D eigenvalue weighted by Gasteiger charge is -2.12. The van der Waals surface area contributed by atoms with Gasteiger partial charge in [-0.3, -0.25) is 4.79 Å². The monoisotopic (exact) mass is 336 g/mol. The summed E-state index contributed by atoms with van der Waals surface area (Å²) in [5.41, 5.74) is 2.32. The van der Waals surface area contributed by atoms with Crippen molar-refractivity contribution in [3.63, 3.8) is 0 Å². The number of carbonyl (C=O) groups is 1. The number of aryl methyl sites for hydroxylation is 2. The van der Waals surface area contributed by atoms with Gasteiger partial charge < -0.3 is 10.1 Å². The summed E-state index contributed by atoms with van der Waals surface area (Å²) >= 11 is 0. The van der Waals surface area contributed by atoms with E-state index in [1.54, 1.807) is 11.8 Å². The molecule has 0 aliphatic rings. The first-order valence-corrected chi connectivity index (χ1v) is 8.00. The molecule has 6 nitrogen and oxygen atoms in total. The van der Waals surface area contributed by atoms with Crippen LogP contribution in [0.5, 0.6) is 5.75 Å². The molecule has 0 bridgehead atoms. The maximum Gasteiger partial charge on any atom is 0.228 e. The minimum absolute atomic E-state index is 0.119. The third kappa shape index (κ3) is 3.68. The fourth-order valence-corrected chi connectivity index (χ4v) is 2.73. The van der Waals surface area contributed by atoms with E-state index in [0.717, 1.165) is 17.1 Å². The van der Waals surface area contributed by atoms with Gasteiger partial charge in [-0.15, -0.1) is 0 Å². The van der Waals surface area contributed by atoms with Crippen LogP contribution in [0.2, 0.25) is 0 Å². The Kier molecular flexibility index (Phi) is 4.79. The Labute approximate surface area is 146 Å². The SMILES string of the molecule is COc1ccccc1CC(=O)Nc1ccccc1-n1nc(C)nc1C. The molecule has 25 heavy (non-hydrogen) atoms. The molecule has 0 radical (unpaired) electrons. The maximum absolute atomic E-state index is 12.5. The van der Waals surface area contributed by atoms with Gasteiger partial charge >= 0.3 is 0 Å². The van der Waals surface area contributed by atoms with Crippen molar-refractivity contribution < 1.29 is 9.53 Å². The topological polar surface area (TPSA) is 69.0 Å². The van der Waals surface area contributed by atoms with Crippen LogP contribution in [-0.2, 0) is 11.2 Å². The van der Waals surface area contributed by atoms with Crippen molar-refractivity contribution in [2.45, 2.75) is 20.3 Å². The summed E-state index contributed by atoms with van der Waals surface area (Å²) in [6, 6.07) is 15.0. The van der Waals surface area contributed by atoms with Gasteiger partial charge in [-0.05, 0) is 32.0 Å². The molecule has 1 N–H and O–H groups in total. The van der Waals surface area contributed by atoms with E-state index in [1.165, 1.54) is 0 Å². The van der Waals surface area contributed by atoms with Crippen molar-refractivity contribution in [2.24, 2.45) is 0 Å². The van der Waals surface area contributed by atoms with Crippen LogP contribution in [-0.4, -0.2) is 27.8 Å². The number of hydrogen-bond donors (Lipinski definition) is 1. The van der Waals surface area contributed by atoms with Crippen LogP contribution in [0.1, 0.15) is 17.2 Å². The lowest BCUT2D eigenvalue weighted by molar-refractivity contribution is -0.115. The summed E-state index contributed by atoms with van der Waals surface area (Å²) in [7, 11) is 1.60. The average molecular weight is 336 g/mol. The molecular formula is C19H20N4O2. The molecular weight excluding hydrogens is 316 g/mol. The molecule has 2 aromatic carbocycles. The molecule has 0 saturated heterocycles. The normalized spacial score (nSPS) is 10.5. The van der Waals surface area contributed by atoms with Gasteiger partial charge in [0.1, 0.15) is 17.4 Å². The zero-order chi connectivity index (χ0) is 17.8. The van der Waals surface area contributed by atoms with Gasteiger partial charge in [-0.1, -0.05) is 30.3 Å². The van der Waals surface area contributed by atoms with Crippen LogP contribution in [0.3, 0.4) is 0 Å². The first-order chi connectivity index (χ1) is 12.1. The molecule has 3 rings (SSSR count). The minimum atomic E-state index is -0.119. The lowest BCUT2D eigenvalue weighted by Crippen LogP contribution is -2.17. The van der Waals surface area contributed by atoms with E-state index in [4.69, 9.17) is 4.74 Å². The number of nitrogens with zero attached hydrogens (tertiary/aromatic N) is 3. The first-order valence-electron chi connectivity index (χ1n) is 8.00. The quantitative estimate of drug-likeness (QED) is 0.777. The molecule has 0 aliphatic carbocycles. The Morgan fingerprint density at radius 2 is 1.84 bits per heavy atom. The van der Waals surface area contributed by atoms with Gasteiger partial charge in [0.15, 0.2) is 0 Å². The number of carbonyl (C=O) groups excluding carboxylic acids is 1. The van der Waals surface area contributed by atoms with Crippen LogP contribution in [0.15, 0.2) is 48.5 Å². The highest BCUT2D eigenvalue weighted by Crippen LogP contribution is 2.22. The summed E-state index contributed by atoms with van der Waals surface area (Å²) in [5, 5.41) is 7.36. The summed E-state index contributed by atoms with van der Waals surface area (Å²) in [6.07, 6.45) is 0.230. The van der Waals surface area contributed by atoms with Crippen LogP contribution >= 0.6 is 0 Å². The van der Waals surface area contributed by atoms with Crippen LogP contribution in [0.4, 0.5) is 5.69 Å². The number of para-hydroxylation sites is 3. The fourth-order valence-electron chi connectivity index (χ4n) is 2.73. The lowest BCUT2D eigenvalue weighted by atomic mass is 10.1. The molecule has 0 unspecified atom stereocenters. The van der Waals surface area contributed by atoms with E-state index in [2.05, 4.69) is 15.4 Å². The standard InChI is InChI=1S/C19H20N4O2/c1-13-20-14(2)23(22-13)17-10-6-5-9-16(17)21-19(24)12-15-8-4-7-11-18(15)25-3/h4-11H,12H2,1-3H3,(H,21,24). The van der Waals surface area contributed by atoms with E-state index in [0.29, 0.717) is 17.3 Å². The molecule has 3 aromatic rings. The second-order valence-corrected chi connectivity index (χ2v) is 5.67. The van der Waals surface area contributed by atoms with Crippen molar-refractivity contribution in [2.75, 3.05) is 12.4 Å². The number of anilines is 1. The van der Waals surface area contributed by atoms with E-state index in [-0.39, 0.29) is 12.3 Å². The highest BCUT2D eigenvalue weighted by Gasteiger charge is 2.13. The zero-order valence-electron chi connectivity index (χ0n) is 14.5. The summed E-state index contributed by atoms with van der Waals surface area (Å²) in [4.78, 5) is 16.8. The van der Waals surface area contributed by atoms with Crippen LogP contribution in [0.25, 0.3) is 5.69 Å². The minimum Gasteiger partial charge on any atom is -0.496 e. The number of nitrogens with one attached hydrogen (secondary N) is 1. The molecule has 1 amide bonds. The van der Waals surface area contributed by atoms with Crippen molar-refractivity contribution in [1.29, 1.82) is 0 Å². The maximum atomic E-state index is 12.5. The Morgan fingerprint density at radius 3 is 2.56 bits per heavy atom. The molecule has 0 saturated carbocycles. The number of amides is 1. The molecule has 1 aromatic heterocycles.